The van der Waals surface area contributed by atoms with Gasteiger partial charge in [-0.1, -0.05) is 19.1 Å². The van der Waals surface area contributed by atoms with E-state index < -0.39 is 6.04 Å². The van der Waals surface area contributed by atoms with Crippen LogP contribution in [-0.2, 0) is 0 Å². The van der Waals surface area contributed by atoms with Crippen molar-refractivity contribution in [1.82, 2.24) is 0 Å². The van der Waals surface area contributed by atoms with E-state index in [1.54, 1.807) is 12.1 Å². The standard InChI is InChI=1S/C12H17NO2/c1-3-10(13)12(14)9-7-5-6-8-11(9)15-4-2/h5-8,10H,3-4,13H2,1-2H3. The van der Waals surface area contributed by atoms with Crippen molar-refractivity contribution in [2.75, 3.05) is 6.61 Å². The second kappa shape index (κ2) is 5.51. The number of hydrogen-bond acceptors (Lipinski definition) is 3. The van der Waals surface area contributed by atoms with E-state index in [9.17, 15) is 4.79 Å². The van der Waals surface area contributed by atoms with Crippen LogP contribution >= 0.6 is 0 Å². The summed E-state index contributed by atoms with van der Waals surface area (Å²) < 4.78 is 5.38. The van der Waals surface area contributed by atoms with E-state index in [1.165, 1.54) is 0 Å². The Kier molecular flexibility index (Phi) is 4.31. The summed E-state index contributed by atoms with van der Waals surface area (Å²) in [6, 6.07) is 6.77. The van der Waals surface area contributed by atoms with Crippen molar-refractivity contribution in [3.8, 4) is 5.75 Å². The number of ether oxygens (including phenoxy) is 1. The maximum Gasteiger partial charge on any atom is 0.183 e. The summed E-state index contributed by atoms with van der Waals surface area (Å²) in [5, 5.41) is 0. The highest BCUT2D eigenvalue weighted by atomic mass is 16.5. The van der Waals surface area contributed by atoms with Crippen molar-refractivity contribution < 1.29 is 9.53 Å². The number of Topliss-reactive ketones (excluding diaryl/α,β-unsaturated/α-hetero) is 1. The monoisotopic (exact) mass is 207 g/mol. The van der Waals surface area contributed by atoms with Gasteiger partial charge >= 0.3 is 0 Å². The SMILES string of the molecule is CCOc1ccccc1C(=O)C(N)CC. The zero-order chi connectivity index (χ0) is 11.3. The lowest BCUT2D eigenvalue weighted by Crippen LogP contribution is -2.29. The fourth-order valence-corrected chi connectivity index (χ4v) is 1.34. The first-order chi connectivity index (χ1) is 7.20. The summed E-state index contributed by atoms with van der Waals surface area (Å²) in [5.74, 6) is 0.565. The molecule has 0 amide bonds. The molecular formula is C12H17NO2. The zero-order valence-electron chi connectivity index (χ0n) is 9.19. The summed E-state index contributed by atoms with van der Waals surface area (Å²) in [6.07, 6.45) is 0.638. The van der Waals surface area contributed by atoms with Crippen LogP contribution in [0.15, 0.2) is 24.3 Å². The first-order valence-corrected chi connectivity index (χ1v) is 5.22. The number of nitrogens with two attached hydrogens (primary N) is 1. The van der Waals surface area contributed by atoms with E-state index in [0.29, 0.717) is 24.3 Å². The lowest BCUT2D eigenvalue weighted by molar-refractivity contribution is 0.0955. The number of rotatable bonds is 5. The number of carbonyl (C=O) groups excluding carboxylic acids is 1. The molecule has 15 heavy (non-hydrogen) atoms. The zero-order valence-corrected chi connectivity index (χ0v) is 9.19. The fourth-order valence-electron chi connectivity index (χ4n) is 1.34. The molecular weight excluding hydrogens is 190 g/mol. The summed E-state index contributed by atoms with van der Waals surface area (Å²) in [6.45, 7) is 4.33. The Morgan fingerprint density at radius 2 is 2.07 bits per heavy atom. The molecule has 2 N–H and O–H groups in total. The van der Waals surface area contributed by atoms with Gasteiger partial charge in [0.1, 0.15) is 5.75 Å². The van der Waals surface area contributed by atoms with Crippen LogP contribution in [0.5, 0.6) is 5.75 Å². The van der Waals surface area contributed by atoms with Crippen LogP contribution in [0.2, 0.25) is 0 Å². The van der Waals surface area contributed by atoms with E-state index in [0.717, 1.165) is 0 Å². The number of carbonyl (C=O) groups is 1. The van der Waals surface area contributed by atoms with Gasteiger partial charge in [0.15, 0.2) is 5.78 Å². The molecule has 0 fully saturated rings. The van der Waals surface area contributed by atoms with E-state index >= 15 is 0 Å². The minimum atomic E-state index is -0.438. The van der Waals surface area contributed by atoms with Gasteiger partial charge in [-0.15, -0.1) is 0 Å². The molecule has 0 aromatic heterocycles. The summed E-state index contributed by atoms with van der Waals surface area (Å²) >= 11 is 0. The molecule has 82 valence electrons. The number of hydrogen-bond donors (Lipinski definition) is 1. The van der Waals surface area contributed by atoms with Crippen molar-refractivity contribution in [3.05, 3.63) is 29.8 Å². The van der Waals surface area contributed by atoms with Gasteiger partial charge in [0.25, 0.3) is 0 Å². The molecule has 1 rings (SSSR count). The molecule has 1 atom stereocenters. The summed E-state index contributed by atoms with van der Waals surface area (Å²) in [5.41, 5.74) is 6.29. The molecule has 1 aromatic carbocycles. The molecule has 0 heterocycles. The Bertz CT molecular complexity index is 336. The van der Waals surface area contributed by atoms with Crippen molar-refractivity contribution in [1.29, 1.82) is 0 Å². The Morgan fingerprint density at radius 1 is 1.40 bits per heavy atom. The van der Waals surface area contributed by atoms with Gasteiger partial charge in [-0.3, -0.25) is 4.79 Å². The van der Waals surface area contributed by atoms with E-state index in [2.05, 4.69) is 0 Å². The van der Waals surface area contributed by atoms with Crippen LogP contribution in [0.4, 0.5) is 0 Å². The van der Waals surface area contributed by atoms with E-state index in [1.807, 2.05) is 26.0 Å². The Morgan fingerprint density at radius 3 is 2.67 bits per heavy atom. The average molecular weight is 207 g/mol. The maximum atomic E-state index is 11.9. The van der Waals surface area contributed by atoms with Gasteiger partial charge in [-0.05, 0) is 25.5 Å². The first-order valence-electron chi connectivity index (χ1n) is 5.22. The minimum Gasteiger partial charge on any atom is -0.493 e. The van der Waals surface area contributed by atoms with Crippen LogP contribution < -0.4 is 10.5 Å². The molecule has 1 unspecified atom stereocenters. The Labute approximate surface area is 90.2 Å². The second-order valence-electron chi connectivity index (χ2n) is 3.31. The van der Waals surface area contributed by atoms with Gasteiger partial charge in [0.05, 0.1) is 18.2 Å². The molecule has 1 aromatic rings. The molecule has 0 aliphatic rings. The minimum absolute atomic E-state index is 0.0541. The number of ketones is 1. The van der Waals surface area contributed by atoms with Crippen LogP contribution in [-0.4, -0.2) is 18.4 Å². The number of benzene rings is 1. The average Bonchev–Trinajstić information content (AvgIpc) is 2.28. The number of para-hydroxylation sites is 1. The third-order valence-electron chi connectivity index (χ3n) is 2.23. The third-order valence-corrected chi connectivity index (χ3v) is 2.23. The van der Waals surface area contributed by atoms with Gasteiger partial charge in [0.2, 0.25) is 0 Å². The predicted molar refractivity (Wildman–Crippen MR) is 60.2 cm³/mol. The lowest BCUT2D eigenvalue weighted by atomic mass is 10.0. The Balaban J connectivity index is 2.96. The van der Waals surface area contributed by atoms with Crippen LogP contribution in [0.1, 0.15) is 30.6 Å². The highest BCUT2D eigenvalue weighted by Crippen LogP contribution is 2.19. The second-order valence-corrected chi connectivity index (χ2v) is 3.31. The van der Waals surface area contributed by atoms with Crippen LogP contribution in [0, 0.1) is 0 Å². The van der Waals surface area contributed by atoms with Gasteiger partial charge in [0, 0.05) is 0 Å². The summed E-state index contributed by atoms with van der Waals surface area (Å²) in [4.78, 5) is 11.9. The topological polar surface area (TPSA) is 52.3 Å². The van der Waals surface area contributed by atoms with Crippen molar-refractivity contribution >= 4 is 5.78 Å². The summed E-state index contributed by atoms with van der Waals surface area (Å²) in [7, 11) is 0. The fraction of sp³-hybridized carbons (Fsp3) is 0.417. The normalized spacial score (nSPS) is 12.2. The Hall–Kier alpha value is -1.35. The van der Waals surface area contributed by atoms with Crippen molar-refractivity contribution in [3.63, 3.8) is 0 Å². The molecule has 0 aliphatic heterocycles. The molecule has 0 bridgehead atoms. The molecule has 0 saturated heterocycles. The molecule has 3 heteroatoms. The largest absolute Gasteiger partial charge is 0.493 e. The van der Waals surface area contributed by atoms with Crippen LogP contribution in [0.25, 0.3) is 0 Å². The smallest absolute Gasteiger partial charge is 0.183 e. The van der Waals surface area contributed by atoms with Gasteiger partial charge < -0.3 is 10.5 Å². The van der Waals surface area contributed by atoms with Gasteiger partial charge in [-0.2, -0.15) is 0 Å². The molecule has 0 aliphatic carbocycles. The van der Waals surface area contributed by atoms with Crippen molar-refractivity contribution in [2.24, 2.45) is 5.73 Å². The van der Waals surface area contributed by atoms with Crippen molar-refractivity contribution in [2.45, 2.75) is 26.3 Å². The highest BCUT2D eigenvalue weighted by Gasteiger charge is 2.17. The third kappa shape index (κ3) is 2.80. The highest BCUT2D eigenvalue weighted by molar-refractivity contribution is 6.02. The molecule has 3 nitrogen and oxygen atoms in total. The molecule has 0 spiro atoms. The van der Waals surface area contributed by atoms with E-state index in [4.69, 9.17) is 10.5 Å². The van der Waals surface area contributed by atoms with Gasteiger partial charge in [-0.25, -0.2) is 0 Å². The quantitative estimate of drug-likeness (QED) is 0.751. The lowest BCUT2D eigenvalue weighted by Gasteiger charge is -2.12. The van der Waals surface area contributed by atoms with E-state index in [-0.39, 0.29) is 5.78 Å². The predicted octanol–water partition coefficient (Wildman–Crippen LogP) is 2.01. The maximum absolute atomic E-state index is 11.9. The van der Waals surface area contributed by atoms with Crippen LogP contribution in [0.3, 0.4) is 0 Å². The molecule has 0 saturated carbocycles. The molecule has 0 radical (unpaired) electrons. The first kappa shape index (κ1) is 11.7.